The predicted molar refractivity (Wildman–Crippen MR) is 48.3 cm³/mol. The first-order valence-corrected chi connectivity index (χ1v) is 9.28. The van der Waals surface area contributed by atoms with Crippen molar-refractivity contribution in [1.29, 1.82) is 0 Å². The summed E-state index contributed by atoms with van der Waals surface area (Å²) in [6, 6.07) is 7.35. The van der Waals surface area contributed by atoms with Gasteiger partial charge in [0.1, 0.15) is 0 Å². The van der Waals surface area contributed by atoms with Crippen LogP contribution in [0.1, 0.15) is 6.92 Å². The number of hydrogen-bond acceptors (Lipinski definition) is 4. The molecule has 3 N–H and O–H groups in total. The predicted octanol–water partition coefficient (Wildman–Crippen LogP) is -0.184. The van der Waals surface area contributed by atoms with Crippen LogP contribution in [0.3, 0.4) is 0 Å². The fraction of sp³-hybridized carbons (Fsp3) is 0.222. The van der Waals surface area contributed by atoms with Crippen LogP contribution in [0, 0.1) is 0 Å². The molecular weight excluding hydrogens is 371 g/mol. The van der Waals surface area contributed by atoms with Crippen molar-refractivity contribution in [2.45, 2.75) is 13.0 Å². The van der Waals surface area contributed by atoms with Crippen LogP contribution >= 0.6 is 0 Å². The third-order valence-corrected chi connectivity index (χ3v) is 7.15. The van der Waals surface area contributed by atoms with Crippen molar-refractivity contribution in [3.8, 4) is 0 Å². The first-order chi connectivity index (χ1) is 6.61. The topological polar surface area (TPSA) is 72.5 Å². The Morgan fingerprint density at radius 1 is 1.57 bits per heavy atom. The third kappa shape index (κ3) is 3.27. The summed E-state index contributed by atoms with van der Waals surface area (Å²) in [7, 11) is 0. The quantitative estimate of drug-likeness (QED) is 0.562. The van der Waals surface area contributed by atoms with E-state index in [0.29, 0.717) is 5.69 Å². The van der Waals surface area contributed by atoms with E-state index in [-0.39, 0.29) is 0 Å². The monoisotopic (exact) mass is 383 g/mol. The first-order valence-electron chi connectivity index (χ1n) is 4.29. The molecule has 0 aromatic heterocycles. The molecule has 0 saturated carbocycles. The second-order valence-corrected chi connectivity index (χ2v) is 8.19. The molecule has 72 valence electrons. The van der Waals surface area contributed by atoms with E-state index >= 15 is 0 Å². The van der Waals surface area contributed by atoms with Crippen molar-refractivity contribution >= 4 is 14.7 Å². The fourth-order valence-corrected chi connectivity index (χ4v) is 5.04. The Morgan fingerprint density at radius 2 is 2.21 bits per heavy atom. The molecule has 0 amide bonds. The molecule has 1 unspecified atom stereocenters. The Bertz CT molecular complexity index is 328. The molecule has 5 heteroatoms. The Hall–Kier alpha value is -0.615. The van der Waals surface area contributed by atoms with Gasteiger partial charge in [0.05, 0.1) is 0 Å². The van der Waals surface area contributed by atoms with Gasteiger partial charge < -0.3 is 0 Å². The second-order valence-electron chi connectivity index (χ2n) is 2.98. The molecular formula is C9H11HgNO3. The summed E-state index contributed by atoms with van der Waals surface area (Å²) in [5, 5.41) is 8.90. The Balaban J connectivity index is 2.54. The number of anilines is 1. The maximum atomic E-state index is 11.0. The van der Waals surface area contributed by atoms with Crippen LogP contribution in [0.4, 0.5) is 5.69 Å². The molecule has 0 fully saturated rings. The zero-order valence-corrected chi connectivity index (χ0v) is 13.4. The summed E-state index contributed by atoms with van der Waals surface area (Å²) >= 11 is -1.92. The summed E-state index contributed by atoms with van der Waals surface area (Å²) in [4.78, 5) is 11.0. The average molecular weight is 382 g/mol. The number of para-hydroxylation sites is 1. The summed E-state index contributed by atoms with van der Waals surface area (Å²) in [5.74, 6) is -0.546. The zero-order valence-electron chi connectivity index (χ0n) is 7.93. The van der Waals surface area contributed by atoms with E-state index in [2.05, 4.69) is 0 Å². The molecule has 0 aliphatic heterocycles. The minimum atomic E-state index is -1.92. The van der Waals surface area contributed by atoms with E-state index < -0.39 is 37.1 Å². The van der Waals surface area contributed by atoms with Gasteiger partial charge in [0.15, 0.2) is 0 Å². The van der Waals surface area contributed by atoms with Crippen LogP contribution in [-0.2, 0) is 32.5 Å². The molecule has 0 bridgehead atoms. The molecule has 1 aromatic rings. The van der Waals surface area contributed by atoms with E-state index in [1.54, 1.807) is 6.07 Å². The van der Waals surface area contributed by atoms with Crippen molar-refractivity contribution in [2.75, 3.05) is 5.73 Å². The van der Waals surface area contributed by atoms with Gasteiger partial charge in [-0.2, -0.15) is 0 Å². The van der Waals surface area contributed by atoms with E-state index in [0.717, 1.165) is 3.07 Å². The standard InChI is InChI=1S/C6H6N.C3H6O3.Hg/c7-6-4-2-1-3-5-6;1-2(4)3(5)6;/h1-4H,7H2;2,4H,1H3,(H,5,6);/q;;+1/p-1. The Labute approximate surface area is 95.2 Å². The van der Waals surface area contributed by atoms with Crippen LogP contribution < -0.4 is 8.81 Å². The second kappa shape index (κ2) is 5.31. The number of benzene rings is 1. The molecule has 0 saturated heterocycles. The number of rotatable bonds is 3. The first kappa shape index (κ1) is 11.5. The van der Waals surface area contributed by atoms with Gasteiger partial charge in [0.25, 0.3) is 0 Å². The van der Waals surface area contributed by atoms with Crippen molar-refractivity contribution in [2.24, 2.45) is 0 Å². The Morgan fingerprint density at radius 3 is 2.79 bits per heavy atom. The Kier molecular flexibility index (Phi) is 4.35. The fourth-order valence-electron chi connectivity index (χ4n) is 0.935. The molecule has 0 aliphatic carbocycles. The van der Waals surface area contributed by atoms with E-state index in [1.165, 1.54) is 6.92 Å². The molecule has 14 heavy (non-hydrogen) atoms. The van der Waals surface area contributed by atoms with Gasteiger partial charge in [-0.05, 0) is 0 Å². The number of carbonyl (C=O) groups is 1. The normalized spacial score (nSPS) is 11.6. The van der Waals surface area contributed by atoms with Gasteiger partial charge in [-0.25, -0.2) is 0 Å². The molecule has 1 atom stereocenters. The molecule has 0 radical (unpaired) electrons. The molecule has 0 spiro atoms. The molecule has 0 heterocycles. The van der Waals surface area contributed by atoms with E-state index in [1.807, 2.05) is 18.2 Å². The SMILES string of the molecule is CC(O)C(=O)[O][Hg][c]1ccccc1N. The van der Waals surface area contributed by atoms with Crippen molar-refractivity contribution < 1.29 is 37.6 Å². The number of aliphatic hydroxyl groups excluding tert-OH is 1. The van der Waals surface area contributed by atoms with Gasteiger partial charge in [-0.1, -0.05) is 0 Å². The van der Waals surface area contributed by atoms with Crippen molar-refractivity contribution in [3.63, 3.8) is 0 Å². The van der Waals surface area contributed by atoms with Gasteiger partial charge in [-0.3, -0.25) is 0 Å². The average Bonchev–Trinajstić information content (AvgIpc) is 2.16. The molecule has 1 aromatic carbocycles. The number of nitrogens with two attached hydrogens (primary N) is 1. The van der Waals surface area contributed by atoms with Gasteiger partial charge >= 0.3 is 95.3 Å². The summed E-state index contributed by atoms with van der Waals surface area (Å²) < 4.78 is 5.98. The number of nitrogen functional groups attached to an aromatic ring is 1. The van der Waals surface area contributed by atoms with Crippen LogP contribution in [0.15, 0.2) is 24.3 Å². The van der Waals surface area contributed by atoms with Gasteiger partial charge in [-0.15, -0.1) is 0 Å². The van der Waals surface area contributed by atoms with E-state index in [4.69, 9.17) is 13.5 Å². The molecule has 1 rings (SSSR count). The number of carbonyl (C=O) groups excluding carboxylic acids is 1. The van der Waals surface area contributed by atoms with Crippen molar-refractivity contribution in [1.82, 2.24) is 0 Å². The van der Waals surface area contributed by atoms with Crippen LogP contribution in [-0.4, -0.2) is 17.2 Å². The van der Waals surface area contributed by atoms with Gasteiger partial charge in [0.2, 0.25) is 0 Å². The zero-order chi connectivity index (χ0) is 10.6. The summed E-state index contributed by atoms with van der Waals surface area (Å²) in [6.07, 6.45) is -1.04. The van der Waals surface area contributed by atoms with Crippen LogP contribution in [0.25, 0.3) is 0 Å². The maximum absolute atomic E-state index is 11.0. The summed E-state index contributed by atoms with van der Waals surface area (Å²) in [5.41, 5.74) is 6.36. The molecule has 0 aliphatic rings. The van der Waals surface area contributed by atoms with Gasteiger partial charge in [0, 0.05) is 0 Å². The van der Waals surface area contributed by atoms with Crippen LogP contribution in [0.5, 0.6) is 0 Å². The minimum absolute atomic E-state index is 0.546. The number of aliphatic hydroxyl groups is 1. The molecule has 4 nitrogen and oxygen atoms in total. The van der Waals surface area contributed by atoms with E-state index in [9.17, 15) is 4.79 Å². The third-order valence-electron chi connectivity index (χ3n) is 1.77. The summed E-state index contributed by atoms with van der Waals surface area (Å²) in [6.45, 7) is 1.39. The van der Waals surface area contributed by atoms with Crippen molar-refractivity contribution in [3.05, 3.63) is 24.3 Å². The number of hydrogen-bond donors (Lipinski definition) is 2. The van der Waals surface area contributed by atoms with Crippen LogP contribution in [0.2, 0.25) is 0 Å².